The van der Waals surface area contributed by atoms with Crippen molar-refractivity contribution in [3.8, 4) is 11.1 Å². The van der Waals surface area contributed by atoms with Crippen LogP contribution in [0.15, 0.2) is 36.8 Å². The first kappa shape index (κ1) is 17.2. The van der Waals surface area contributed by atoms with Gasteiger partial charge in [0, 0.05) is 30.9 Å². The fraction of sp³-hybridized carbons (Fsp3) is 0.278. The third-order valence-electron chi connectivity index (χ3n) is 4.80. The summed E-state index contributed by atoms with van der Waals surface area (Å²) in [5.74, 6) is 0.00704. The van der Waals surface area contributed by atoms with Gasteiger partial charge in [0.25, 0.3) is 0 Å². The third-order valence-corrected chi connectivity index (χ3v) is 4.80. The molecule has 1 aliphatic heterocycles. The molecule has 0 atom stereocenters. The molecule has 1 saturated heterocycles. The molecule has 1 aromatic carbocycles. The number of carboxylic acid groups (broad SMARTS) is 1. The second-order valence-electron chi connectivity index (χ2n) is 6.44. The molecule has 0 radical (unpaired) electrons. The molecule has 0 saturated carbocycles. The maximum absolute atomic E-state index is 13.7. The predicted octanol–water partition coefficient (Wildman–Crippen LogP) is 3.07. The standard InChI is InChI=1S/C18H18FN5O3/c19-12-3-1-2-11(8-12)14-9-24(17-15(14)16(20)21-10-22-17)13-4-6-23(7-5-13)27-18(25)26/h1-3,8-10,13H,4-7H2,(H,25,26)(H2,20,21,22). The minimum Gasteiger partial charge on any atom is -0.448 e. The Bertz CT molecular complexity index is 998. The van der Waals surface area contributed by atoms with Crippen LogP contribution in [-0.2, 0) is 4.84 Å². The molecule has 2 aromatic heterocycles. The summed E-state index contributed by atoms with van der Waals surface area (Å²) in [6, 6.07) is 6.40. The van der Waals surface area contributed by atoms with E-state index >= 15 is 0 Å². The Morgan fingerprint density at radius 1 is 1.30 bits per heavy atom. The van der Waals surface area contributed by atoms with Crippen molar-refractivity contribution >= 4 is 23.0 Å². The summed E-state index contributed by atoms with van der Waals surface area (Å²) in [6.45, 7) is 0.957. The number of hydroxylamine groups is 2. The van der Waals surface area contributed by atoms with Crippen LogP contribution in [0, 0.1) is 5.82 Å². The number of fused-ring (bicyclic) bond motifs is 1. The number of benzene rings is 1. The van der Waals surface area contributed by atoms with Crippen LogP contribution >= 0.6 is 0 Å². The summed E-state index contributed by atoms with van der Waals surface area (Å²) in [7, 11) is 0. The molecule has 0 unspecified atom stereocenters. The van der Waals surface area contributed by atoms with Gasteiger partial charge in [0.15, 0.2) is 0 Å². The lowest BCUT2D eigenvalue weighted by Gasteiger charge is -2.30. The van der Waals surface area contributed by atoms with Crippen molar-refractivity contribution in [2.24, 2.45) is 0 Å². The molecule has 0 amide bonds. The van der Waals surface area contributed by atoms with Gasteiger partial charge in [-0.2, -0.15) is 0 Å². The van der Waals surface area contributed by atoms with Crippen molar-refractivity contribution in [3.05, 3.63) is 42.6 Å². The fourth-order valence-corrected chi connectivity index (χ4v) is 3.58. The van der Waals surface area contributed by atoms with Gasteiger partial charge < -0.3 is 20.2 Å². The van der Waals surface area contributed by atoms with Gasteiger partial charge in [0.1, 0.15) is 23.6 Å². The lowest BCUT2D eigenvalue weighted by Crippen LogP contribution is -2.36. The monoisotopic (exact) mass is 371 g/mol. The van der Waals surface area contributed by atoms with Crippen LogP contribution in [0.4, 0.5) is 15.0 Å². The summed E-state index contributed by atoms with van der Waals surface area (Å²) >= 11 is 0. The molecular weight excluding hydrogens is 353 g/mol. The molecule has 8 nitrogen and oxygen atoms in total. The third kappa shape index (κ3) is 3.28. The van der Waals surface area contributed by atoms with Crippen molar-refractivity contribution in [3.63, 3.8) is 0 Å². The van der Waals surface area contributed by atoms with Gasteiger partial charge in [0.05, 0.1) is 5.39 Å². The Kier molecular flexibility index (Phi) is 4.36. The minimum absolute atomic E-state index is 0.0951. The van der Waals surface area contributed by atoms with Crippen molar-refractivity contribution < 1.29 is 19.1 Å². The number of anilines is 1. The zero-order chi connectivity index (χ0) is 19.0. The zero-order valence-electron chi connectivity index (χ0n) is 14.4. The van der Waals surface area contributed by atoms with E-state index in [4.69, 9.17) is 15.7 Å². The van der Waals surface area contributed by atoms with E-state index in [9.17, 15) is 9.18 Å². The van der Waals surface area contributed by atoms with Crippen molar-refractivity contribution in [2.45, 2.75) is 18.9 Å². The largest absolute Gasteiger partial charge is 0.525 e. The molecule has 140 valence electrons. The lowest BCUT2D eigenvalue weighted by molar-refractivity contribution is -0.134. The van der Waals surface area contributed by atoms with Gasteiger partial charge >= 0.3 is 6.16 Å². The number of hydrogen-bond donors (Lipinski definition) is 2. The second kappa shape index (κ2) is 6.84. The molecular formula is C18H18FN5O3. The van der Waals surface area contributed by atoms with Gasteiger partial charge in [0.2, 0.25) is 0 Å². The highest BCUT2D eigenvalue weighted by atomic mass is 19.1. The second-order valence-corrected chi connectivity index (χ2v) is 6.44. The van der Waals surface area contributed by atoms with Crippen LogP contribution in [0.3, 0.4) is 0 Å². The van der Waals surface area contributed by atoms with Crippen LogP contribution in [0.2, 0.25) is 0 Å². The average Bonchev–Trinajstić information content (AvgIpc) is 3.03. The number of halogens is 1. The average molecular weight is 371 g/mol. The fourth-order valence-electron chi connectivity index (χ4n) is 3.58. The molecule has 4 rings (SSSR count). The summed E-state index contributed by atoms with van der Waals surface area (Å²) in [6.07, 6.45) is 3.39. The zero-order valence-corrected chi connectivity index (χ0v) is 14.4. The molecule has 3 aromatic rings. The Balaban J connectivity index is 1.72. The normalized spacial score (nSPS) is 15.9. The number of piperidine rings is 1. The van der Waals surface area contributed by atoms with Crippen LogP contribution in [-0.4, -0.2) is 43.9 Å². The van der Waals surface area contributed by atoms with E-state index in [2.05, 4.69) is 9.97 Å². The van der Waals surface area contributed by atoms with Crippen LogP contribution < -0.4 is 5.73 Å². The maximum Gasteiger partial charge on any atom is 0.525 e. The first-order valence-electron chi connectivity index (χ1n) is 8.55. The number of rotatable bonds is 3. The first-order chi connectivity index (χ1) is 13.0. The number of nitrogens with zero attached hydrogens (tertiary/aromatic N) is 4. The highest BCUT2D eigenvalue weighted by Gasteiger charge is 2.26. The van der Waals surface area contributed by atoms with Crippen LogP contribution in [0.25, 0.3) is 22.2 Å². The van der Waals surface area contributed by atoms with Gasteiger partial charge in [-0.05, 0) is 30.5 Å². The minimum atomic E-state index is -1.31. The number of aromatic nitrogens is 3. The van der Waals surface area contributed by atoms with Crippen LogP contribution in [0.1, 0.15) is 18.9 Å². The van der Waals surface area contributed by atoms with Crippen molar-refractivity contribution in [1.29, 1.82) is 0 Å². The number of hydrogen-bond acceptors (Lipinski definition) is 6. The quantitative estimate of drug-likeness (QED) is 0.729. The van der Waals surface area contributed by atoms with E-state index < -0.39 is 6.16 Å². The Labute approximate surface area is 154 Å². The summed E-state index contributed by atoms with van der Waals surface area (Å²) < 4.78 is 15.7. The van der Waals surface area contributed by atoms with Gasteiger partial charge in [-0.1, -0.05) is 12.1 Å². The molecule has 27 heavy (non-hydrogen) atoms. The topological polar surface area (TPSA) is 107 Å². The first-order valence-corrected chi connectivity index (χ1v) is 8.55. The number of nitrogens with two attached hydrogens (primary N) is 1. The number of carbonyl (C=O) groups is 1. The van der Waals surface area contributed by atoms with E-state index in [1.54, 1.807) is 6.07 Å². The molecule has 0 bridgehead atoms. The van der Waals surface area contributed by atoms with Gasteiger partial charge in [-0.3, -0.25) is 0 Å². The molecule has 3 N–H and O–H groups in total. The molecule has 0 spiro atoms. The van der Waals surface area contributed by atoms with E-state index in [0.717, 1.165) is 5.56 Å². The summed E-state index contributed by atoms with van der Waals surface area (Å²) in [4.78, 5) is 23.9. The van der Waals surface area contributed by atoms with E-state index in [1.807, 2.05) is 16.8 Å². The number of nitrogen functional groups attached to an aromatic ring is 1. The van der Waals surface area contributed by atoms with Crippen molar-refractivity contribution in [2.75, 3.05) is 18.8 Å². The van der Waals surface area contributed by atoms with E-state index in [-0.39, 0.29) is 11.9 Å². The molecule has 3 heterocycles. The van der Waals surface area contributed by atoms with Crippen molar-refractivity contribution in [1.82, 2.24) is 19.6 Å². The van der Waals surface area contributed by atoms with E-state index in [1.165, 1.54) is 23.5 Å². The highest BCUT2D eigenvalue weighted by Crippen LogP contribution is 2.36. The van der Waals surface area contributed by atoms with Gasteiger partial charge in [-0.15, -0.1) is 5.06 Å². The summed E-state index contributed by atoms with van der Waals surface area (Å²) in [5.41, 5.74) is 8.25. The smallest absolute Gasteiger partial charge is 0.448 e. The Morgan fingerprint density at radius 3 is 2.78 bits per heavy atom. The molecule has 1 aliphatic rings. The lowest BCUT2D eigenvalue weighted by atomic mass is 10.1. The van der Waals surface area contributed by atoms with E-state index in [0.29, 0.717) is 48.3 Å². The molecule has 0 aliphatic carbocycles. The highest BCUT2D eigenvalue weighted by molar-refractivity contribution is 6.00. The van der Waals surface area contributed by atoms with Gasteiger partial charge in [-0.25, -0.2) is 19.2 Å². The Hall–Kier alpha value is -3.20. The van der Waals surface area contributed by atoms with Crippen LogP contribution in [0.5, 0.6) is 0 Å². The molecule has 9 heteroatoms. The predicted molar refractivity (Wildman–Crippen MR) is 96.3 cm³/mol. The Morgan fingerprint density at radius 2 is 2.07 bits per heavy atom. The maximum atomic E-state index is 13.7. The molecule has 1 fully saturated rings. The SMILES string of the molecule is Nc1ncnc2c1c(-c1cccc(F)c1)cn2C1CCN(OC(=O)O)CC1. The summed E-state index contributed by atoms with van der Waals surface area (Å²) in [5, 5.41) is 10.9.